The van der Waals surface area contributed by atoms with Gasteiger partial charge in [0.15, 0.2) is 13.6 Å². The van der Waals surface area contributed by atoms with Crippen molar-refractivity contribution in [3.8, 4) is 11.5 Å². The summed E-state index contributed by atoms with van der Waals surface area (Å²) in [6, 6.07) is 3.71. The molecule has 4 nitrogen and oxygen atoms in total. The summed E-state index contributed by atoms with van der Waals surface area (Å²) in [5.74, 6) is 1.49. The fraction of sp³-hybridized carbons (Fsp3) is 0.455. The van der Waals surface area contributed by atoms with Gasteiger partial charge in [-0.3, -0.25) is 0 Å². The van der Waals surface area contributed by atoms with Gasteiger partial charge in [-0.1, -0.05) is 0 Å². The van der Waals surface area contributed by atoms with E-state index in [1.165, 1.54) is 0 Å². The molecule has 0 unspecified atom stereocenters. The summed E-state index contributed by atoms with van der Waals surface area (Å²) in [4.78, 5) is 0. The van der Waals surface area contributed by atoms with E-state index >= 15 is 0 Å². The highest BCUT2D eigenvalue weighted by Gasteiger charge is 2.08. The van der Waals surface area contributed by atoms with Crippen molar-refractivity contribution in [1.29, 1.82) is 0 Å². The van der Waals surface area contributed by atoms with E-state index in [2.05, 4.69) is 15.9 Å². The maximum Gasteiger partial charge on any atom is 0.188 e. The highest BCUT2D eigenvalue weighted by Crippen LogP contribution is 2.33. The Kier molecular flexibility index (Phi) is 5.59. The zero-order chi connectivity index (χ0) is 12.0. The molecule has 0 aliphatic rings. The zero-order valence-electron chi connectivity index (χ0n) is 9.58. The molecule has 90 valence electrons. The number of benzene rings is 1. The van der Waals surface area contributed by atoms with Gasteiger partial charge in [-0.25, -0.2) is 0 Å². The van der Waals surface area contributed by atoms with Gasteiger partial charge in [-0.15, -0.1) is 0 Å². The van der Waals surface area contributed by atoms with E-state index in [-0.39, 0.29) is 13.6 Å². The molecule has 1 rings (SSSR count). The van der Waals surface area contributed by atoms with Crippen molar-refractivity contribution in [2.45, 2.75) is 6.92 Å². The second-order valence-corrected chi connectivity index (χ2v) is 4.01. The van der Waals surface area contributed by atoms with Gasteiger partial charge >= 0.3 is 0 Å². The first kappa shape index (κ1) is 13.3. The van der Waals surface area contributed by atoms with Crippen LogP contribution in [-0.2, 0) is 9.47 Å². The van der Waals surface area contributed by atoms with E-state index in [4.69, 9.17) is 18.9 Å². The summed E-state index contributed by atoms with van der Waals surface area (Å²) in [7, 11) is 3.16. The monoisotopic (exact) mass is 290 g/mol. The van der Waals surface area contributed by atoms with Gasteiger partial charge in [0.05, 0.1) is 4.47 Å². The summed E-state index contributed by atoms with van der Waals surface area (Å²) in [5, 5.41) is 0. The number of rotatable bonds is 6. The van der Waals surface area contributed by atoms with Crippen LogP contribution in [0, 0.1) is 6.92 Å². The molecule has 0 amide bonds. The van der Waals surface area contributed by atoms with E-state index in [9.17, 15) is 0 Å². The fourth-order valence-electron chi connectivity index (χ4n) is 1.21. The average molecular weight is 291 g/mol. The van der Waals surface area contributed by atoms with Crippen LogP contribution >= 0.6 is 15.9 Å². The van der Waals surface area contributed by atoms with Crippen molar-refractivity contribution in [2.24, 2.45) is 0 Å². The van der Waals surface area contributed by atoms with Gasteiger partial charge < -0.3 is 18.9 Å². The molecule has 0 aromatic heterocycles. The topological polar surface area (TPSA) is 36.9 Å². The molecule has 0 atom stereocenters. The van der Waals surface area contributed by atoms with Crippen LogP contribution in [0.4, 0.5) is 0 Å². The normalized spacial score (nSPS) is 10.2. The van der Waals surface area contributed by atoms with Crippen LogP contribution in [0.15, 0.2) is 16.6 Å². The van der Waals surface area contributed by atoms with Crippen LogP contribution in [0.25, 0.3) is 0 Å². The van der Waals surface area contributed by atoms with Gasteiger partial charge in [-0.05, 0) is 40.5 Å². The van der Waals surface area contributed by atoms with E-state index < -0.39 is 0 Å². The molecule has 0 saturated carbocycles. The molecule has 1 aromatic rings. The molecular formula is C11H15BrO4. The predicted octanol–water partition coefficient (Wildman–Crippen LogP) is 2.72. The molecule has 0 saturated heterocycles. The molecule has 0 heterocycles. The maximum absolute atomic E-state index is 5.42. The van der Waals surface area contributed by atoms with Crippen molar-refractivity contribution in [3.05, 3.63) is 22.2 Å². The van der Waals surface area contributed by atoms with Gasteiger partial charge in [0.1, 0.15) is 11.5 Å². The van der Waals surface area contributed by atoms with Crippen LogP contribution in [0.1, 0.15) is 5.56 Å². The van der Waals surface area contributed by atoms with Crippen molar-refractivity contribution >= 4 is 15.9 Å². The standard InChI is InChI=1S/C11H15BrO4/c1-8-4-9(15-6-13-2)5-10(12)11(8)16-7-14-3/h4-5H,6-7H2,1-3H3. The Hall–Kier alpha value is -0.780. The third kappa shape index (κ3) is 3.66. The zero-order valence-corrected chi connectivity index (χ0v) is 11.2. The number of halogens is 1. The minimum Gasteiger partial charge on any atom is -0.468 e. The molecule has 0 bridgehead atoms. The lowest BCUT2D eigenvalue weighted by atomic mass is 10.2. The summed E-state index contributed by atoms with van der Waals surface area (Å²) in [6.07, 6.45) is 0. The van der Waals surface area contributed by atoms with Crippen LogP contribution in [-0.4, -0.2) is 27.8 Å². The first-order valence-electron chi connectivity index (χ1n) is 4.72. The number of hydrogen-bond acceptors (Lipinski definition) is 4. The second-order valence-electron chi connectivity index (χ2n) is 3.15. The Morgan fingerprint density at radius 1 is 1.06 bits per heavy atom. The third-order valence-electron chi connectivity index (χ3n) is 1.87. The molecule has 0 aliphatic heterocycles. The number of hydrogen-bond donors (Lipinski definition) is 0. The lowest BCUT2D eigenvalue weighted by Crippen LogP contribution is -2.03. The number of methoxy groups -OCH3 is 2. The van der Waals surface area contributed by atoms with Crippen LogP contribution in [0.2, 0.25) is 0 Å². The molecule has 1 aromatic carbocycles. The minimum atomic E-state index is 0.220. The SMILES string of the molecule is COCOc1cc(C)c(OCOC)c(Br)c1. The minimum absolute atomic E-state index is 0.220. The van der Waals surface area contributed by atoms with E-state index in [0.29, 0.717) is 0 Å². The Morgan fingerprint density at radius 2 is 1.69 bits per heavy atom. The maximum atomic E-state index is 5.42. The number of ether oxygens (including phenoxy) is 4. The first-order valence-corrected chi connectivity index (χ1v) is 5.52. The molecule has 0 spiro atoms. The summed E-state index contributed by atoms with van der Waals surface area (Å²) in [5.41, 5.74) is 0.970. The van der Waals surface area contributed by atoms with Gasteiger partial charge in [0, 0.05) is 14.2 Å². The van der Waals surface area contributed by atoms with Crippen LogP contribution in [0.3, 0.4) is 0 Å². The highest BCUT2D eigenvalue weighted by atomic mass is 79.9. The Balaban J connectivity index is 2.80. The lowest BCUT2D eigenvalue weighted by Gasteiger charge is -2.12. The molecule has 0 radical (unpaired) electrons. The third-order valence-corrected chi connectivity index (χ3v) is 2.46. The summed E-state index contributed by atoms with van der Waals surface area (Å²) in [6.45, 7) is 2.39. The van der Waals surface area contributed by atoms with E-state index in [1.807, 2.05) is 19.1 Å². The largest absolute Gasteiger partial charge is 0.468 e. The van der Waals surface area contributed by atoms with Gasteiger partial charge in [0.25, 0.3) is 0 Å². The first-order chi connectivity index (χ1) is 7.69. The molecule has 0 N–H and O–H groups in total. The van der Waals surface area contributed by atoms with E-state index in [0.717, 1.165) is 21.5 Å². The van der Waals surface area contributed by atoms with Crippen molar-refractivity contribution in [2.75, 3.05) is 27.8 Å². The predicted molar refractivity (Wildman–Crippen MR) is 63.9 cm³/mol. The van der Waals surface area contributed by atoms with Gasteiger partial charge in [-0.2, -0.15) is 0 Å². The Morgan fingerprint density at radius 3 is 2.25 bits per heavy atom. The van der Waals surface area contributed by atoms with Crippen LogP contribution in [0.5, 0.6) is 11.5 Å². The lowest BCUT2D eigenvalue weighted by molar-refractivity contribution is 0.0475. The molecule has 5 heteroatoms. The van der Waals surface area contributed by atoms with Crippen LogP contribution < -0.4 is 9.47 Å². The summed E-state index contributed by atoms with van der Waals surface area (Å²) >= 11 is 3.42. The molecule has 16 heavy (non-hydrogen) atoms. The summed E-state index contributed by atoms with van der Waals surface area (Å²) < 4.78 is 21.3. The molecular weight excluding hydrogens is 276 g/mol. The smallest absolute Gasteiger partial charge is 0.188 e. The van der Waals surface area contributed by atoms with E-state index in [1.54, 1.807) is 14.2 Å². The highest BCUT2D eigenvalue weighted by molar-refractivity contribution is 9.10. The van der Waals surface area contributed by atoms with Crippen molar-refractivity contribution < 1.29 is 18.9 Å². The molecule has 0 aliphatic carbocycles. The quantitative estimate of drug-likeness (QED) is 0.755. The average Bonchev–Trinajstić information content (AvgIpc) is 2.25. The van der Waals surface area contributed by atoms with Crippen molar-refractivity contribution in [1.82, 2.24) is 0 Å². The second kappa shape index (κ2) is 6.73. The number of aryl methyl sites for hydroxylation is 1. The molecule has 0 fully saturated rings. The fourth-order valence-corrected chi connectivity index (χ4v) is 1.86. The van der Waals surface area contributed by atoms with Crippen molar-refractivity contribution in [3.63, 3.8) is 0 Å². The Bertz CT molecular complexity index is 318. The van der Waals surface area contributed by atoms with Gasteiger partial charge in [0.2, 0.25) is 0 Å². The Labute approximate surface area is 104 Å².